The third-order valence-electron chi connectivity index (χ3n) is 1.43. The second kappa shape index (κ2) is 3.49. The molecule has 1 heterocycles. The van der Waals surface area contributed by atoms with E-state index in [1.165, 1.54) is 11.8 Å². The van der Waals surface area contributed by atoms with Crippen molar-refractivity contribution < 1.29 is 4.79 Å². The van der Waals surface area contributed by atoms with Crippen LogP contribution in [0.3, 0.4) is 0 Å². The van der Waals surface area contributed by atoms with E-state index in [9.17, 15) is 4.79 Å². The molecule has 0 atom stereocenters. The van der Waals surface area contributed by atoms with Crippen molar-refractivity contribution in [1.82, 2.24) is 10.2 Å². The van der Waals surface area contributed by atoms with Crippen molar-refractivity contribution in [3.8, 4) is 0 Å². The number of hydrogen-bond donors (Lipinski definition) is 0. The summed E-state index contributed by atoms with van der Waals surface area (Å²) in [5.41, 5.74) is 0. The van der Waals surface area contributed by atoms with Crippen LogP contribution in [-0.4, -0.2) is 23.2 Å². The fourth-order valence-electron chi connectivity index (χ4n) is 0.649. The maximum atomic E-state index is 10.9. The lowest BCUT2D eigenvalue weighted by molar-refractivity contribution is -0.116. The van der Waals surface area contributed by atoms with Gasteiger partial charge in [0, 0.05) is 14.0 Å². The van der Waals surface area contributed by atoms with Crippen molar-refractivity contribution in [3.05, 3.63) is 17.3 Å². The summed E-state index contributed by atoms with van der Waals surface area (Å²) < 4.78 is 0. The first-order valence-corrected chi connectivity index (χ1v) is 3.72. The standard InChI is InChI=1S/C7H8ClN3O/c1-5(12)11(2)7-4-3-6(8)9-10-7/h3-4H,1-2H3. The lowest BCUT2D eigenvalue weighted by atomic mass is 10.5. The van der Waals surface area contributed by atoms with Gasteiger partial charge in [0.1, 0.15) is 0 Å². The molecule has 0 saturated carbocycles. The monoisotopic (exact) mass is 185 g/mol. The highest BCUT2D eigenvalue weighted by Crippen LogP contribution is 2.09. The Kier molecular flexibility index (Phi) is 2.60. The third kappa shape index (κ3) is 1.92. The molecule has 1 amide bonds. The van der Waals surface area contributed by atoms with Gasteiger partial charge in [-0.15, -0.1) is 10.2 Å². The molecular formula is C7H8ClN3O. The molecule has 0 spiro atoms. The lowest BCUT2D eigenvalue weighted by Crippen LogP contribution is -2.23. The Morgan fingerprint density at radius 2 is 2.17 bits per heavy atom. The topological polar surface area (TPSA) is 46.1 Å². The number of anilines is 1. The Morgan fingerprint density at radius 3 is 2.58 bits per heavy atom. The number of carbonyl (C=O) groups excluding carboxylic acids is 1. The first kappa shape index (κ1) is 8.93. The van der Waals surface area contributed by atoms with Crippen molar-refractivity contribution in [2.75, 3.05) is 11.9 Å². The lowest BCUT2D eigenvalue weighted by Gasteiger charge is -2.11. The van der Waals surface area contributed by atoms with E-state index in [1.807, 2.05) is 0 Å². The molecule has 0 aliphatic rings. The molecule has 0 radical (unpaired) electrons. The molecule has 5 heteroatoms. The van der Waals surface area contributed by atoms with Gasteiger partial charge in [-0.25, -0.2) is 0 Å². The van der Waals surface area contributed by atoms with E-state index in [2.05, 4.69) is 10.2 Å². The SMILES string of the molecule is CC(=O)N(C)c1ccc(Cl)nn1. The predicted octanol–water partition coefficient (Wildman–Crippen LogP) is 1.11. The van der Waals surface area contributed by atoms with Crippen LogP contribution in [0.25, 0.3) is 0 Å². The van der Waals surface area contributed by atoms with Crippen LogP contribution in [0.1, 0.15) is 6.92 Å². The molecule has 1 rings (SSSR count). The maximum Gasteiger partial charge on any atom is 0.224 e. The molecule has 0 bridgehead atoms. The first-order valence-electron chi connectivity index (χ1n) is 3.35. The molecule has 4 nitrogen and oxygen atoms in total. The van der Waals surface area contributed by atoms with Gasteiger partial charge in [-0.2, -0.15) is 0 Å². The van der Waals surface area contributed by atoms with Gasteiger partial charge in [0.2, 0.25) is 5.91 Å². The number of rotatable bonds is 1. The van der Waals surface area contributed by atoms with E-state index in [0.717, 1.165) is 0 Å². The second-order valence-corrected chi connectivity index (χ2v) is 2.68. The van der Waals surface area contributed by atoms with Gasteiger partial charge in [0.25, 0.3) is 0 Å². The summed E-state index contributed by atoms with van der Waals surface area (Å²) in [6.45, 7) is 1.45. The largest absolute Gasteiger partial charge is 0.299 e. The molecule has 12 heavy (non-hydrogen) atoms. The number of halogens is 1. The summed E-state index contributed by atoms with van der Waals surface area (Å²) in [7, 11) is 1.63. The fraction of sp³-hybridized carbons (Fsp3) is 0.286. The minimum atomic E-state index is -0.0911. The van der Waals surface area contributed by atoms with Crippen molar-refractivity contribution >= 4 is 23.3 Å². The van der Waals surface area contributed by atoms with E-state index in [1.54, 1.807) is 19.2 Å². The number of nitrogens with zero attached hydrogens (tertiary/aromatic N) is 3. The predicted molar refractivity (Wildman–Crippen MR) is 46.1 cm³/mol. The number of amides is 1. The fourth-order valence-corrected chi connectivity index (χ4v) is 0.750. The summed E-state index contributed by atoms with van der Waals surface area (Å²) in [4.78, 5) is 12.2. The van der Waals surface area contributed by atoms with Gasteiger partial charge in [0.15, 0.2) is 11.0 Å². The van der Waals surface area contributed by atoms with E-state index >= 15 is 0 Å². The van der Waals surface area contributed by atoms with E-state index in [4.69, 9.17) is 11.6 Å². The van der Waals surface area contributed by atoms with Crippen LogP contribution in [-0.2, 0) is 4.79 Å². The van der Waals surface area contributed by atoms with Crippen molar-refractivity contribution in [1.29, 1.82) is 0 Å². The van der Waals surface area contributed by atoms with Gasteiger partial charge in [-0.1, -0.05) is 11.6 Å². The molecular weight excluding hydrogens is 178 g/mol. The van der Waals surface area contributed by atoms with Gasteiger partial charge in [-0.05, 0) is 12.1 Å². The number of hydrogen-bond acceptors (Lipinski definition) is 3. The number of carbonyl (C=O) groups is 1. The normalized spacial score (nSPS) is 9.58. The van der Waals surface area contributed by atoms with Gasteiger partial charge in [-0.3, -0.25) is 9.69 Å². The van der Waals surface area contributed by atoms with E-state index in [0.29, 0.717) is 11.0 Å². The highest BCUT2D eigenvalue weighted by atomic mass is 35.5. The van der Waals surface area contributed by atoms with Crippen molar-refractivity contribution in [2.45, 2.75) is 6.92 Å². The van der Waals surface area contributed by atoms with Crippen molar-refractivity contribution in [2.24, 2.45) is 0 Å². The Bertz CT molecular complexity index is 285. The first-order chi connectivity index (χ1) is 5.61. The highest BCUT2D eigenvalue weighted by Gasteiger charge is 2.06. The van der Waals surface area contributed by atoms with Crippen LogP contribution in [0.15, 0.2) is 12.1 Å². The van der Waals surface area contributed by atoms with E-state index in [-0.39, 0.29) is 5.91 Å². The summed E-state index contributed by atoms with van der Waals surface area (Å²) in [6, 6.07) is 3.22. The average molecular weight is 186 g/mol. The molecule has 64 valence electrons. The zero-order valence-corrected chi connectivity index (χ0v) is 7.54. The van der Waals surface area contributed by atoms with Crippen LogP contribution in [0, 0.1) is 0 Å². The summed E-state index contributed by atoms with van der Waals surface area (Å²) in [5.74, 6) is 0.401. The van der Waals surface area contributed by atoms with Crippen LogP contribution >= 0.6 is 11.6 Å². The smallest absolute Gasteiger partial charge is 0.224 e. The Hall–Kier alpha value is -1.16. The third-order valence-corrected chi connectivity index (χ3v) is 1.64. The highest BCUT2D eigenvalue weighted by molar-refractivity contribution is 6.29. The van der Waals surface area contributed by atoms with Gasteiger partial charge >= 0.3 is 0 Å². The quantitative estimate of drug-likeness (QED) is 0.659. The molecule has 0 unspecified atom stereocenters. The molecule has 0 fully saturated rings. The molecule has 0 N–H and O–H groups in total. The zero-order chi connectivity index (χ0) is 9.14. The molecule has 0 aliphatic heterocycles. The van der Waals surface area contributed by atoms with Crippen LogP contribution < -0.4 is 4.90 Å². The van der Waals surface area contributed by atoms with Gasteiger partial charge in [0.05, 0.1) is 0 Å². The minimum absolute atomic E-state index is 0.0911. The summed E-state index contributed by atoms with van der Waals surface area (Å²) in [6.07, 6.45) is 0. The van der Waals surface area contributed by atoms with E-state index < -0.39 is 0 Å². The van der Waals surface area contributed by atoms with Crippen molar-refractivity contribution in [3.63, 3.8) is 0 Å². The summed E-state index contributed by atoms with van der Waals surface area (Å²) in [5, 5.41) is 7.64. The molecule has 0 saturated heterocycles. The molecule has 1 aromatic rings. The number of aromatic nitrogens is 2. The Balaban J connectivity index is 2.89. The summed E-state index contributed by atoms with van der Waals surface area (Å²) >= 11 is 5.52. The Labute approximate surface area is 75.2 Å². The molecule has 1 aromatic heterocycles. The van der Waals surface area contributed by atoms with Crippen LogP contribution in [0.2, 0.25) is 5.15 Å². The van der Waals surface area contributed by atoms with Crippen LogP contribution in [0.4, 0.5) is 5.82 Å². The van der Waals surface area contributed by atoms with Gasteiger partial charge < -0.3 is 0 Å². The molecule has 0 aromatic carbocycles. The van der Waals surface area contributed by atoms with Crippen LogP contribution in [0.5, 0.6) is 0 Å². The maximum absolute atomic E-state index is 10.9. The molecule has 0 aliphatic carbocycles. The Morgan fingerprint density at radius 1 is 1.50 bits per heavy atom. The zero-order valence-electron chi connectivity index (χ0n) is 6.78. The minimum Gasteiger partial charge on any atom is -0.299 e. The second-order valence-electron chi connectivity index (χ2n) is 2.29. The average Bonchev–Trinajstić information content (AvgIpc) is 2.04.